The number of carbonyl (C=O) groups excluding carboxylic acids is 1. The van der Waals surface area contributed by atoms with Crippen LogP contribution in [0.3, 0.4) is 0 Å². The Morgan fingerprint density at radius 1 is 1.04 bits per heavy atom. The normalized spacial score (nSPS) is 11.1. The molecular formula is C20H21N6O2+. The molecule has 1 heterocycles. The second-order valence-corrected chi connectivity index (χ2v) is 5.99. The first-order chi connectivity index (χ1) is 13.5. The summed E-state index contributed by atoms with van der Waals surface area (Å²) < 4.78 is 5.26. The Bertz CT molecular complexity index is 1010. The number of H-pyrrole nitrogens is 1. The summed E-state index contributed by atoms with van der Waals surface area (Å²) in [6, 6.07) is 16.1. The number of benzene rings is 2. The number of hydrogen-bond acceptors (Lipinski definition) is 4. The molecule has 1 aromatic heterocycles. The van der Waals surface area contributed by atoms with Gasteiger partial charge in [-0.1, -0.05) is 12.1 Å². The van der Waals surface area contributed by atoms with Crippen LogP contribution < -0.4 is 32.2 Å². The summed E-state index contributed by atoms with van der Waals surface area (Å²) in [6.45, 7) is 0. The van der Waals surface area contributed by atoms with Crippen LogP contribution in [0.25, 0.3) is 11.1 Å². The molecule has 1 amide bonds. The number of methoxy groups -OCH3 is 1. The number of rotatable bonds is 5. The number of aromatic amines is 1. The molecule has 0 atom stereocenters. The number of aromatic nitrogens is 1. The largest absolute Gasteiger partial charge is 0.495 e. The van der Waals surface area contributed by atoms with E-state index in [1.54, 1.807) is 12.1 Å². The molecule has 0 radical (unpaired) electrons. The van der Waals surface area contributed by atoms with Crippen molar-refractivity contribution in [2.45, 2.75) is 0 Å². The van der Waals surface area contributed by atoms with Crippen molar-refractivity contribution in [3.8, 4) is 16.9 Å². The molecule has 0 fully saturated rings. The maximum Gasteiger partial charge on any atom is 0.325 e. The van der Waals surface area contributed by atoms with Crippen molar-refractivity contribution in [1.82, 2.24) is 0 Å². The average molecular weight is 377 g/mol. The molecule has 3 rings (SSSR count). The molecule has 0 saturated heterocycles. The van der Waals surface area contributed by atoms with Crippen molar-refractivity contribution in [1.29, 1.82) is 0 Å². The Labute approximate surface area is 162 Å². The Kier molecular flexibility index (Phi) is 5.40. The van der Waals surface area contributed by atoms with Crippen LogP contribution in [-0.4, -0.2) is 19.0 Å². The van der Waals surface area contributed by atoms with Gasteiger partial charge in [-0.2, -0.15) is 0 Å². The number of hydrogen-bond donors (Lipinski definition) is 4. The third kappa shape index (κ3) is 4.36. The second kappa shape index (κ2) is 8.09. The van der Waals surface area contributed by atoms with E-state index in [1.165, 1.54) is 13.2 Å². The number of carbonyl (C=O) groups is 1. The summed E-state index contributed by atoms with van der Waals surface area (Å²) in [6.07, 6.45) is 1.83. The molecule has 0 saturated carbocycles. The molecular weight excluding hydrogens is 356 g/mol. The number of guanidine groups is 1. The quantitative estimate of drug-likeness (QED) is 0.305. The maximum absolute atomic E-state index is 11.3. The third-order valence-corrected chi connectivity index (χ3v) is 4.03. The number of nitrogen functional groups attached to an aromatic ring is 1. The van der Waals surface area contributed by atoms with Gasteiger partial charge in [0.2, 0.25) is 5.91 Å². The Balaban J connectivity index is 1.76. The monoisotopic (exact) mass is 377 g/mol. The molecule has 0 bridgehead atoms. The van der Waals surface area contributed by atoms with Crippen LogP contribution in [0.15, 0.2) is 65.8 Å². The predicted octanol–water partition coefficient (Wildman–Crippen LogP) is 1.92. The molecule has 2 aromatic carbocycles. The van der Waals surface area contributed by atoms with Crippen molar-refractivity contribution >= 4 is 29.1 Å². The highest BCUT2D eigenvalue weighted by molar-refractivity contribution is 5.97. The lowest BCUT2D eigenvalue weighted by Crippen LogP contribution is -2.23. The highest BCUT2D eigenvalue weighted by Gasteiger charge is 2.11. The van der Waals surface area contributed by atoms with Crippen LogP contribution in [0, 0.1) is 0 Å². The topological polar surface area (TPSA) is 143 Å². The van der Waals surface area contributed by atoms with Crippen molar-refractivity contribution in [3.05, 3.63) is 66.4 Å². The molecule has 142 valence electrons. The Morgan fingerprint density at radius 2 is 1.75 bits per heavy atom. The van der Waals surface area contributed by atoms with Crippen molar-refractivity contribution in [3.63, 3.8) is 0 Å². The zero-order valence-electron chi connectivity index (χ0n) is 15.3. The summed E-state index contributed by atoms with van der Waals surface area (Å²) in [7, 11) is 1.49. The van der Waals surface area contributed by atoms with Crippen LogP contribution >= 0.6 is 0 Å². The molecule has 0 spiro atoms. The number of amides is 1. The molecule has 8 N–H and O–H groups in total. The summed E-state index contributed by atoms with van der Waals surface area (Å²) in [5.74, 6) is 0.609. The summed E-state index contributed by atoms with van der Waals surface area (Å²) in [5, 5.41) is 2.95. The standard InChI is InChI=1S/C20H20N6O2/c1-28-17-10-13(19(22)27)4-8-16(17)25-20(23)26-18-9-5-14(11-24-18)12-2-6-15(21)7-3-12/h2-11H,21H2,1H3,(H2,22,27)(H3,23,24,25,26)/p+1. The third-order valence-electron chi connectivity index (χ3n) is 4.03. The van der Waals surface area contributed by atoms with Gasteiger partial charge in [0.25, 0.3) is 0 Å². The van der Waals surface area contributed by atoms with E-state index in [9.17, 15) is 4.79 Å². The summed E-state index contributed by atoms with van der Waals surface area (Å²) >= 11 is 0. The van der Waals surface area contributed by atoms with Crippen LogP contribution in [0.5, 0.6) is 5.75 Å². The number of ether oxygens (including phenoxy) is 1. The first-order valence-electron chi connectivity index (χ1n) is 8.43. The SMILES string of the molecule is COc1cc(C(N)=O)ccc1NC(N)=Nc1ccc(-c2ccc(N)cc2)c[nH+]1. The number of nitrogens with zero attached hydrogens (tertiary/aromatic N) is 1. The van der Waals surface area contributed by atoms with E-state index in [1.807, 2.05) is 42.6 Å². The highest BCUT2D eigenvalue weighted by Crippen LogP contribution is 2.25. The number of primary amides is 1. The summed E-state index contributed by atoms with van der Waals surface area (Å²) in [5.41, 5.74) is 20.6. The van der Waals surface area contributed by atoms with Crippen LogP contribution in [-0.2, 0) is 0 Å². The minimum absolute atomic E-state index is 0.154. The molecule has 0 aliphatic carbocycles. The van der Waals surface area contributed by atoms with Gasteiger partial charge in [-0.15, -0.1) is 0 Å². The average Bonchev–Trinajstić information content (AvgIpc) is 2.69. The van der Waals surface area contributed by atoms with Gasteiger partial charge in [0.1, 0.15) is 5.75 Å². The maximum atomic E-state index is 11.3. The highest BCUT2D eigenvalue weighted by atomic mass is 16.5. The van der Waals surface area contributed by atoms with Crippen LogP contribution in [0.2, 0.25) is 0 Å². The lowest BCUT2D eigenvalue weighted by atomic mass is 10.1. The van der Waals surface area contributed by atoms with Gasteiger partial charge in [-0.25, -0.2) is 4.98 Å². The number of anilines is 2. The summed E-state index contributed by atoms with van der Waals surface area (Å²) in [4.78, 5) is 18.7. The van der Waals surface area contributed by atoms with Crippen LogP contribution in [0.1, 0.15) is 10.4 Å². The molecule has 3 aromatic rings. The molecule has 8 nitrogen and oxygen atoms in total. The molecule has 0 aliphatic heterocycles. The van der Waals surface area contributed by atoms with E-state index < -0.39 is 5.91 Å². The smallest absolute Gasteiger partial charge is 0.325 e. The van der Waals surface area contributed by atoms with Crippen molar-refractivity contribution in [2.24, 2.45) is 16.5 Å². The molecule has 8 heteroatoms. The minimum Gasteiger partial charge on any atom is -0.495 e. The van der Waals surface area contributed by atoms with Crippen molar-refractivity contribution < 1.29 is 14.5 Å². The second-order valence-electron chi connectivity index (χ2n) is 5.99. The van der Waals surface area contributed by atoms with E-state index in [4.69, 9.17) is 21.9 Å². The Morgan fingerprint density at radius 3 is 2.36 bits per heavy atom. The van der Waals surface area contributed by atoms with Gasteiger partial charge >= 0.3 is 11.8 Å². The molecule has 28 heavy (non-hydrogen) atoms. The Hall–Kier alpha value is -4.07. The molecule has 0 aliphatic rings. The fraction of sp³-hybridized carbons (Fsp3) is 0.0500. The zero-order valence-corrected chi connectivity index (χ0v) is 15.3. The van der Waals surface area contributed by atoms with Gasteiger partial charge in [0, 0.05) is 22.9 Å². The van der Waals surface area contributed by atoms with Crippen LogP contribution in [0.4, 0.5) is 17.2 Å². The predicted molar refractivity (Wildman–Crippen MR) is 109 cm³/mol. The minimum atomic E-state index is -0.540. The number of aliphatic imine (C=N–C) groups is 1. The number of pyridine rings is 1. The number of nitrogens with one attached hydrogen (secondary N) is 2. The van der Waals surface area contributed by atoms with Gasteiger partial charge in [0.15, 0.2) is 0 Å². The fourth-order valence-corrected chi connectivity index (χ4v) is 2.58. The van der Waals surface area contributed by atoms with Gasteiger partial charge in [-0.05, 0) is 47.0 Å². The first kappa shape index (κ1) is 18.7. The van der Waals surface area contributed by atoms with E-state index in [-0.39, 0.29) is 5.96 Å². The fourth-order valence-electron chi connectivity index (χ4n) is 2.58. The lowest BCUT2D eigenvalue weighted by molar-refractivity contribution is -0.361. The van der Waals surface area contributed by atoms with Crippen molar-refractivity contribution in [2.75, 3.05) is 18.2 Å². The lowest BCUT2D eigenvalue weighted by Gasteiger charge is -2.09. The van der Waals surface area contributed by atoms with E-state index in [0.717, 1.165) is 11.1 Å². The van der Waals surface area contributed by atoms with Gasteiger partial charge in [0.05, 0.1) is 19.0 Å². The van der Waals surface area contributed by atoms with E-state index in [0.29, 0.717) is 28.5 Å². The zero-order chi connectivity index (χ0) is 20.1. The van der Waals surface area contributed by atoms with Gasteiger partial charge in [-0.3, -0.25) is 4.79 Å². The molecule has 0 unspecified atom stereocenters. The first-order valence-corrected chi connectivity index (χ1v) is 8.43. The van der Waals surface area contributed by atoms with E-state index in [2.05, 4.69) is 15.3 Å². The van der Waals surface area contributed by atoms with Gasteiger partial charge < -0.3 is 27.3 Å². The number of nitrogens with two attached hydrogens (primary N) is 3. The van der Waals surface area contributed by atoms with E-state index >= 15 is 0 Å².